The van der Waals surface area contributed by atoms with E-state index in [1.165, 1.54) is 18.0 Å². The van der Waals surface area contributed by atoms with Gasteiger partial charge in [-0.15, -0.1) is 0 Å². The van der Waals surface area contributed by atoms with Crippen molar-refractivity contribution in [2.75, 3.05) is 19.7 Å². The first-order valence-electron chi connectivity index (χ1n) is 8.25. The number of hydrogen-bond donors (Lipinski definition) is 1. The molecule has 1 amide bonds. The van der Waals surface area contributed by atoms with Gasteiger partial charge in [0.1, 0.15) is 0 Å². The first kappa shape index (κ1) is 16.5. The molecule has 3 rings (SSSR count). The third-order valence-electron chi connectivity index (χ3n) is 4.75. The van der Waals surface area contributed by atoms with Crippen LogP contribution in [0.5, 0.6) is 0 Å². The number of aliphatic hydroxyl groups excluding tert-OH is 1. The first-order valence-corrected chi connectivity index (χ1v) is 8.25. The molecule has 2 aromatic rings. The Balaban J connectivity index is 1.76. The van der Waals surface area contributed by atoms with Crippen LogP contribution in [-0.4, -0.2) is 35.6 Å². The van der Waals surface area contributed by atoms with Crippen molar-refractivity contribution in [3.63, 3.8) is 0 Å². The molecule has 24 heavy (non-hydrogen) atoms. The first-order chi connectivity index (χ1) is 11.6. The third-order valence-corrected chi connectivity index (χ3v) is 4.75. The zero-order chi connectivity index (χ0) is 17.0. The molecule has 1 saturated heterocycles. The fourth-order valence-corrected chi connectivity index (χ4v) is 3.48. The van der Waals surface area contributed by atoms with Crippen LogP contribution in [0.2, 0.25) is 0 Å². The van der Waals surface area contributed by atoms with E-state index in [9.17, 15) is 15.1 Å². The second-order valence-electron chi connectivity index (χ2n) is 6.60. The average Bonchev–Trinajstić information content (AvgIpc) is 2.63. The number of aliphatic hydroxyl groups is 1. The molecule has 1 N–H and O–H groups in total. The van der Waals surface area contributed by atoms with E-state index in [0.29, 0.717) is 23.4 Å². The molecular weight excluding hydrogens is 304 g/mol. The number of benzene rings is 1. The van der Waals surface area contributed by atoms with Gasteiger partial charge in [-0.05, 0) is 24.8 Å². The summed E-state index contributed by atoms with van der Waals surface area (Å²) in [6, 6.07) is 13.2. The summed E-state index contributed by atoms with van der Waals surface area (Å²) in [5.41, 5.74) is 1.38. The number of nitrogens with zero attached hydrogens (tertiary/aromatic N) is 2. The van der Waals surface area contributed by atoms with E-state index in [0.717, 1.165) is 19.3 Å². The van der Waals surface area contributed by atoms with Gasteiger partial charge in [0, 0.05) is 30.6 Å². The maximum atomic E-state index is 12.7. The van der Waals surface area contributed by atoms with Gasteiger partial charge in [0.05, 0.1) is 12.2 Å². The molecular formula is C19H22N2O3. The predicted octanol–water partition coefficient (Wildman–Crippen LogP) is 1.78. The van der Waals surface area contributed by atoms with Crippen molar-refractivity contribution in [1.82, 2.24) is 4.90 Å². The minimum Gasteiger partial charge on any atom is -0.619 e. The van der Waals surface area contributed by atoms with Gasteiger partial charge in [0.25, 0.3) is 5.91 Å². The third kappa shape index (κ3) is 3.57. The van der Waals surface area contributed by atoms with E-state index in [1.807, 2.05) is 18.2 Å². The Morgan fingerprint density at radius 3 is 2.58 bits per heavy atom. The van der Waals surface area contributed by atoms with Gasteiger partial charge in [-0.1, -0.05) is 30.3 Å². The molecule has 0 radical (unpaired) electrons. The number of rotatable bonds is 4. The second kappa shape index (κ2) is 7.01. The van der Waals surface area contributed by atoms with Crippen molar-refractivity contribution >= 4 is 5.91 Å². The number of carbonyl (C=O) groups excluding carboxylic acids is 1. The Morgan fingerprint density at radius 1 is 1.21 bits per heavy atom. The fraction of sp³-hybridized carbons (Fsp3) is 0.368. The lowest BCUT2D eigenvalue weighted by Gasteiger charge is -2.42. The van der Waals surface area contributed by atoms with Gasteiger partial charge in [-0.2, -0.15) is 4.73 Å². The van der Waals surface area contributed by atoms with Crippen LogP contribution in [0.1, 0.15) is 28.8 Å². The van der Waals surface area contributed by atoms with Crippen LogP contribution < -0.4 is 4.73 Å². The van der Waals surface area contributed by atoms with Gasteiger partial charge in [-0.25, -0.2) is 0 Å². The highest BCUT2D eigenvalue weighted by atomic mass is 16.5. The number of carbonyl (C=O) groups is 1. The smallest absolute Gasteiger partial charge is 0.254 e. The molecule has 1 aromatic heterocycles. The summed E-state index contributed by atoms with van der Waals surface area (Å²) < 4.78 is 0.667. The molecule has 0 saturated carbocycles. The molecule has 0 spiro atoms. The van der Waals surface area contributed by atoms with Gasteiger partial charge in [0.15, 0.2) is 12.4 Å². The summed E-state index contributed by atoms with van der Waals surface area (Å²) in [7, 11) is 0. The number of aromatic nitrogens is 1. The zero-order valence-corrected chi connectivity index (χ0v) is 13.6. The lowest BCUT2D eigenvalue weighted by molar-refractivity contribution is -0.605. The van der Waals surface area contributed by atoms with Crippen LogP contribution in [0, 0.1) is 10.6 Å². The zero-order valence-electron chi connectivity index (χ0n) is 13.6. The highest BCUT2D eigenvalue weighted by Gasteiger charge is 2.37. The highest BCUT2D eigenvalue weighted by Crippen LogP contribution is 2.34. The molecule has 1 aliphatic rings. The number of hydrogen-bond acceptors (Lipinski definition) is 3. The van der Waals surface area contributed by atoms with Crippen molar-refractivity contribution in [2.24, 2.45) is 5.41 Å². The topological polar surface area (TPSA) is 67.5 Å². The lowest BCUT2D eigenvalue weighted by atomic mass is 9.75. The van der Waals surface area contributed by atoms with Crippen molar-refractivity contribution in [1.29, 1.82) is 0 Å². The molecule has 1 fully saturated rings. The average molecular weight is 326 g/mol. The van der Waals surface area contributed by atoms with Crippen LogP contribution in [0.25, 0.3) is 0 Å². The van der Waals surface area contributed by atoms with Crippen LogP contribution in [0.15, 0.2) is 54.9 Å². The van der Waals surface area contributed by atoms with E-state index < -0.39 is 0 Å². The minimum absolute atomic E-state index is 0.0566. The maximum Gasteiger partial charge on any atom is 0.254 e. The van der Waals surface area contributed by atoms with Crippen LogP contribution in [0.3, 0.4) is 0 Å². The summed E-state index contributed by atoms with van der Waals surface area (Å²) >= 11 is 0. The Kier molecular flexibility index (Phi) is 4.81. The van der Waals surface area contributed by atoms with E-state index in [-0.39, 0.29) is 17.9 Å². The Labute approximate surface area is 141 Å². The summed E-state index contributed by atoms with van der Waals surface area (Å²) in [4.78, 5) is 14.5. The molecule has 2 heterocycles. The Bertz CT molecular complexity index is 688. The van der Waals surface area contributed by atoms with Crippen molar-refractivity contribution in [3.8, 4) is 0 Å². The monoisotopic (exact) mass is 326 g/mol. The second-order valence-corrected chi connectivity index (χ2v) is 6.60. The van der Waals surface area contributed by atoms with Crippen molar-refractivity contribution in [2.45, 2.75) is 19.3 Å². The molecule has 1 aliphatic heterocycles. The maximum absolute atomic E-state index is 12.7. The van der Waals surface area contributed by atoms with Crippen LogP contribution in [-0.2, 0) is 6.42 Å². The standard InChI is InChI=1S/C19H22N2O3/c22-15-19(13-16-5-2-1-3-6-16)9-4-10-20(14-19)18(23)17-7-11-21(24)12-8-17/h1-3,5-8,11-12,22H,4,9-10,13-15H2/t19-/m1/s1. The van der Waals surface area contributed by atoms with Crippen molar-refractivity contribution < 1.29 is 14.6 Å². The Hall–Kier alpha value is -2.40. The fourth-order valence-electron chi connectivity index (χ4n) is 3.48. The van der Waals surface area contributed by atoms with Crippen LogP contribution in [0.4, 0.5) is 0 Å². The molecule has 126 valence electrons. The molecule has 5 nitrogen and oxygen atoms in total. The van der Waals surface area contributed by atoms with Gasteiger partial charge in [-0.3, -0.25) is 4.79 Å². The highest BCUT2D eigenvalue weighted by molar-refractivity contribution is 5.94. The largest absolute Gasteiger partial charge is 0.619 e. The van der Waals surface area contributed by atoms with Gasteiger partial charge >= 0.3 is 0 Å². The normalized spacial score (nSPS) is 20.8. The number of piperidine rings is 1. The summed E-state index contributed by atoms with van der Waals surface area (Å²) in [6.07, 6.45) is 5.19. The molecule has 0 aliphatic carbocycles. The lowest BCUT2D eigenvalue weighted by Crippen LogP contribution is -2.49. The van der Waals surface area contributed by atoms with Gasteiger partial charge < -0.3 is 15.2 Å². The van der Waals surface area contributed by atoms with Crippen molar-refractivity contribution in [3.05, 3.63) is 71.2 Å². The Morgan fingerprint density at radius 2 is 1.92 bits per heavy atom. The van der Waals surface area contributed by atoms with Gasteiger partial charge in [0.2, 0.25) is 0 Å². The molecule has 5 heteroatoms. The summed E-state index contributed by atoms with van der Waals surface area (Å²) in [6.45, 7) is 1.27. The molecule has 0 unspecified atom stereocenters. The number of amides is 1. The molecule has 0 bridgehead atoms. The van der Waals surface area contributed by atoms with E-state index in [4.69, 9.17) is 0 Å². The predicted molar refractivity (Wildman–Crippen MR) is 90.2 cm³/mol. The van der Waals surface area contributed by atoms with E-state index >= 15 is 0 Å². The minimum atomic E-state index is -0.303. The van der Waals surface area contributed by atoms with Crippen LogP contribution >= 0.6 is 0 Å². The van der Waals surface area contributed by atoms with E-state index in [1.54, 1.807) is 17.0 Å². The number of pyridine rings is 1. The van der Waals surface area contributed by atoms with E-state index in [2.05, 4.69) is 12.1 Å². The quantitative estimate of drug-likeness (QED) is 0.688. The molecule has 1 aromatic carbocycles. The molecule has 1 atom stereocenters. The number of likely N-dealkylation sites (tertiary alicyclic amines) is 1. The SMILES string of the molecule is O=C(c1cc[n+]([O-])cc1)N1CCC[C@@](CO)(Cc2ccccc2)C1. The summed E-state index contributed by atoms with van der Waals surface area (Å²) in [5.74, 6) is -0.0822. The summed E-state index contributed by atoms with van der Waals surface area (Å²) in [5, 5.41) is 21.2.